The zero-order chi connectivity index (χ0) is 16.3. The van der Waals surface area contributed by atoms with Crippen molar-refractivity contribution < 1.29 is 0 Å². The summed E-state index contributed by atoms with van der Waals surface area (Å²) in [6, 6.07) is 10.8. The molecule has 124 valence electrons. The lowest BCUT2D eigenvalue weighted by Crippen LogP contribution is -2.43. The molecule has 1 aliphatic rings. The van der Waals surface area contributed by atoms with E-state index in [4.69, 9.17) is 0 Å². The first-order valence-corrected chi connectivity index (χ1v) is 8.37. The van der Waals surface area contributed by atoms with Crippen LogP contribution in [0.3, 0.4) is 0 Å². The van der Waals surface area contributed by atoms with Crippen molar-refractivity contribution in [3.8, 4) is 0 Å². The summed E-state index contributed by atoms with van der Waals surface area (Å²) in [4.78, 5) is 2.43. The highest BCUT2D eigenvalue weighted by atomic mass is 15.3. The summed E-state index contributed by atoms with van der Waals surface area (Å²) in [6.45, 7) is 11.6. The van der Waals surface area contributed by atoms with Gasteiger partial charge in [-0.3, -0.25) is 4.68 Å². The number of nitrogens with one attached hydrogen (secondary N) is 2. The minimum atomic E-state index is 0.00662. The largest absolute Gasteiger partial charge is 0.379 e. The number of piperazine rings is 1. The van der Waals surface area contributed by atoms with E-state index in [0.29, 0.717) is 0 Å². The van der Waals surface area contributed by atoms with E-state index in [1.807, 2.05) is 6.20 Å². The van der Waals surface area contributed by atoms with Crippen LogP contribution in [0, 0.1) is 0 Å². The summed E-state index contributed by atoms with van der Waals surface area (Å²) in [6.07, 6.45) is 1.87. The van der Waals surface area contributed by atoms with Gasteiger partial charge in [0, 0.05) is 43.8 Å². The molecule has 2 heterocycles. The van der Waals surface area contributed by atoms with Gasteiger partial charge in [0.05, 0.1) is 17.8 Å². The van der Waals surface area contributed by atoms with Crippen LogP contribution < -0.4 is 15.5 Å². The highest BCUT2D eigenvalue weighted by Gasteiger charge is 2.16. The van der Waals surface area contributed by atoms with Crippen molar-refractivity contribution in [3.63, 3.8) is 0 Å². The second-order valence-corrected chi connectivity index (χ2v) is 7.04. The standard InChI is InChI=1S/C18H27N5/c1-18(2,3)23-17(8-9-21-23)14-20-15-4-6-16(7-5-15)22-12-10-19-11-13-22/h4-9,19-20H,10-14H2,1-3H3. The van der Waals surface area contributed by atoms with E-state index in [0.717, 1.165) is 38.4 Å². The molecule has 1 aromatic heterocycles. The zero-order valence-electron chi connectivity index (χ0n) is 14.3. The molecule has 0 aliphatic carbocycles. The monoisotopic (exact) mass is 313 g/mol. The maximum absolute atomic E-state index is 4.44. The van der Waals surface area contributed by atoms with Gasteiger partial charge in [0.1, 0.15) is 0 Å². The van der Waals surface area contributed by atoms with Gasteiger partial charge in [0.2, 0.25) is 0 Å². The molecular formula is C18H27N5. The van der Waals surface area contributed by atoms with Gasteiger partial charge >= 0.3 is 0 Å². The molecule has 1 aliphatic heterocycles. The number of rotatable bonds is 4. The first-order valence-electron chi connectivity index (χ1n) is 8.37. The molecule has 0 saturated carbocycles. The molecule has 0 unspecified atom stereocenters. The quantitative estimate of drug-likeness (QED) is 0.911. The van der Waals surface area contributed by atoms with Gasteiger partial charge in [-0.05, 0) is 51.1 Å². The normalized spacial score (nSPS) is 15.7. The Kier molecular flexibility index (Phi) is 4.57. The summed E-state index contributed by atoms with van der Waals surface area (Å²) < 4.78 is 2.08. The summed E-state index contributed by atoms with van der Waals surface area (Å²) >= 11 is 0. The molecule has 2 N–H and O–H groups in total. The molecular weight excluding hydrogens is 286 g/mol. The fourth-order valence-corrected chi connectivity index (χ4v) is 2.97. The summed E-state index contributed by atoms with van der Waals surface area (Å²) in [7, 11) is 0. The number of hydrogen-bond donors (Lipinski definition) is 2. The molecule has 1 fully saturated rings. The first kappa shape index (κ1) is 15.9. The zero-order valence-corrected chi connectivity index (χ0v) is 14.3. The molecule has 3 rings (SSSR count). The summed E-state index contributed by atoms with van der Waals surface area (Å²) in [5.41, 5.74) is 3.65. The lowest BCUT2D eigenvalue weighted by atomic mass is 10.1. The van der Waals surface area contributed by atoms with Crippen LogP contribution in [-0.2, 0) is 12.1 Å². The Morgan fingerprint density at radius 3 is 2.43 bits per heavy atom. The maximum Gasteiger partial charge on any atom is 0.0581 e. The van der Waals surface area contributed by atoms with E-state index in [-0.39, 0.29) is 5.54 Å². The van der Waals surface area contributed by atoms with E-state index in [1.54, 1.807) is 0 Å². The second-order valence-electron chi connectivity index (χ2n) is 7.04. The van der Waals surface area contributed by atoms with Gasteiger partial charge in [0.15, 0.2) is 0 Å². The average Bonchev–Trinajstić information content (AvgIpc) is 3.03. The Bertz CT molecular complexity index is 618. The predicted molar refractivity (Wildman–Crippen MR) is 96.1 cm³/mol. The van der Waals surface area contributed by atoms with Crippen LogP contribution in [0.1, 0.15) is 26.5 Å². The molecule has 0 bridgehead atoms. The van der Waals surface area contributed by atoms with Gasteiger partial charge < -0.3 is 15.5 Å². The molecule has 5 nitrogen and oxygen atoms in total. The van der Waals surface area contributed by atoms with Crippen LogP contribution >= 0.6 is 0 Å². The Morgan fingerprint density at radius 2 is 1.78 bits per heavy atom. The van der Waals surface area contributed by atoms with Crippen molar-refractivity contribution >= 4 is 11.4 Å². The van der Waals surface area contributed by atoms with Crippen LogP contribution in [0.25, 0.3) is 0 Å². The van der Waals surface area contributed by atoms with Crippen molar-refractivity contribution in [1.82, 2.24) is 15.1 Å². The van der Waals surface area contributed by atoms with Crippen LogP contribution in [0.2, 0.25) is 0 Å². The molecule has 0 spiro atoms. The van der Waals surface area contributed by atoms with E-state index < -0.39 is 0 Å². The summed E-state index contributed by atoms with van der Waals surface area (Å²) in [5.74, 6) is 0. The first-order chi connectivity index (χ1) is 11.0. The molecule has 0 radical (unpaired) electrons. The number of hydrogen-bond acceptors (Lipinski definition) is 4. The smallest absolute Gasteiger partial charge is 0.0581 e. The second kappa shape index (κ2) is 6.62. The number of anilines is 2. The fraction of sp³-hybridized carbons (Fsp3) is 0.500. The van der Waals surface area contributed by atoms with E-state index in [1.165, 1.54) is 11.4 Å². The Morgan fingerprint density at radius 1 is 1.09 bits per heavy atom. The molecule has 1 aromatic carbocycles. The Hall–Kier alpha value is -2.01. The van der Waals surface area contributed by atoms with E-state index in [2.05, 4.69) is 76.4 Å². The van der Waals surface area contributed by atoms with Crippen molar-refractivity contribution in [1.29, 1.82) is 0 Å². The van der Waals surface area contributed by atoms with Gasteiger partial charge in [-0.2, -0.15) is 5.10 Å². The van der Waals surface area contributed by atoms with Crippen LogP contribution in [-0.4, -0.2) is 36.0 Å². The molecule has 0 atom stereocenters. The van der Waals surface area contributed by atoms with Crippen LogP contribution in [0.5, 0.6) is 0 Å². The van der Waals surface area contributed by atoms with Crippen LogP contribution in [0.15, 0.2) is 36.5 Å². The fourth-order valence-electron chi connectivity index (χ4n) is 2.97. The molecule has 0 amide bonds. The topological polar surface area (TPSA) is 45.1 Å². The number of nitrogens with zero attached hydrogens (tertiary/aromatic N) is 3. The molecule has 2 aromatic rings. The average molecular weight is 313 g/mol. The lowest BCUT2D eigenvalue weighted by molar-refractivity contribution is 0.345. The number of aromatic nitrogens is 2. The number of benzene rings is 1. The lowest BCUT2D eigenvalue weighted by Gasteiger charge is -2.29. The van der Waals surface area contributed by atoms with Crippen molar-refractivity contribution in [2.75, 3.05) is 36.4 Å². The molecule has 23 heavy (non-hydrogen) atoms. The van der Waals surface area contributed by atoms with Gasteiger partial charge in [0.25, 0.3) is 0 Å². The van der Waals surface area contributed by atoms with Gasteiger partial charge in [-0.1, -0.05) is 0 Å². The highest BCUT2D eigenvalue weighted by molar-refractivity contribution is 5.55. The van der Waals surface area contributed by atoms with Crippen molar-refractivity contribution in [3.05, 3.63) is 42.2 Å². The van der Waals surface area contributed by atoms with E-state index in [9.17, 15) is 0 Å². The van der Waals surface area contributed by atoms with Crippen molar-refractivity contribution in [2.24, 2.45) is 0 Å². The third-order valence-corrected chi connectivity index (χ3v) is 4.18. The van der Waals surface area contributed by atoms with Gasteiger partial charge in [-0.15, -0.1) is 0 Å². The third kappa shape index (κ3) is 3.85. The maximum atomic E-state index is 4.44. The van der Waals surface area contributed by atoms with Crippen molar-refractivity contribution in [2.45, 2.75) is 32.9 Å². The highest BCUT2D eigenvalue weighted by Crippen LogP contribution is 2.20. The van der Waals surface area contributed by atoms with Gasteiger partial charge in [-0.25, -0.2) is 0 Å². The minimum absolute atomic E-state index is 0.00662. The predicted octanol–water partition coefficient (Wildman–Crippen LogP) is 2.66. The van der Waals surface area contributed by atoms with E-state index >= 15 is 0 Å². The third-order valence-electron chi connectivity index (χ3n) is 4.18. The Balaban J connectivity index is 1.62. The Labute approximate surface area is 138 Å². The molecule has 5 heteroatoms. The SMILES string of the molecule is CC(C)(C)n1nccc1CNc1ccc(N2CCNCC2)cc1. The van der Waals surface area contributed by atoms with Crippen LogP contribution in [0.4, 0.5) is 11.4 Å². The minimum Gasteiger partial charge on any atom is -0.379 e. The summed E-state index contributed by atoms with van der Waals surface area (Å²) in [5, 5.41) is 11.3. The molecule has 1 saturated heterocycles.